The molecule has 0 aliphatic carbocycles. The van der Waals surface area contributed by atoms with Gasteiger partial charge in [0, 0.05) is 0 Å². The van der Waals surface area contributed by atoms with E-state index in [2.05, 4.69) is 10.6 Å². The van der Waals surface area contributed by atoms with Crippen LogP contribution in [0, 0.1) is 0 Å². The highest BCUT2D eigenvalue weighted by Gasteiger charge is 2.32. The van der Waals surface area contributed by atoms with Crippen LogP contribution in [0.2, 0.25) is 0 Å². The molecule has 3 N–H and O–H groups in total. The summed E-state index contributed by atoms with van der Waals surface area (Å²) in [6.45, 7) is 3.77. The molecule has 0 bridgehead atoms. The normalized spacial score (nSPS) is 22.0. The first kappa shape index (κ1) is 11.0. The Morgan fingerprint density at radius 2 is 2.14 bits per heavy atom. The molecule has 0 spiro atoms. The van der Waals surface area contributed by atoms with Gasteiger partial charge in [-0.15, -0.1) is 0 Å². The van der Waals surface area contributed by atoms with Crippen molar-refractivity contribution in [3.63, 3.8) is 0 Å². The number of carboxylic acids is 1. The number of carbonyl (C=O) groups is 2. The van der Waals surface area contributed by atoms with Crippen LogP contribution in [0.1, 0.15) is 26.7 Å². The second kappa shape index (κ2) is 3.96. The summed E-state index contributed by atoms with van der Waals surface area (Å²) in [7, 11) is 0. The zero-order valence-corrected chi connectivity index (χ0v) is 8.46. The van der Waals surface area contributed by atoms with Gasteiger partial charge >= 0.3 is 5.97 Å². The van der Waals surface area contributed by atoms with Gasteiger partial charge < -0.3 is 15.7 Å². The van der Waals surface area contributed by atoms with Gasteiger partial charge in [0.15, 0.2) is 0 Å². The van der Waals surface area contributed by atoms with Gasteiger partial charge in [-0.25, -0.2) is 4.79 Å². The third-order valence-corrected chi connectivity index (χ3v) is 2.35. The third-order valence-electron chi connectivity index (χ3n) is 2.35. The molecule has 5 heteroatoms. The molecule has 1 amide bonds. The Bertz CT molecular complexity index is 244. The minimum Gasteiger partial charge on any atom is -0.480 e. The van der Waals surface area contributed by atoms with Gasteiger partial charge in [-0.05, 0) is 33.2 Å². The molecule has 1 fully saturated rings. The van der Waals surface area contributed by atoms with Gasteiger partial charge in [-0.2, -0.15) is 0 Å². The molecule has 0 radical (unpaired) electrons. The lowest BCUT2D eigenvalue weighted by Crippen LogP contribution is -2.54. The average molecular weight is 200 g/mol. The molecule has 1 heterocycles. The first-order valence-electron chi connectivity index (χ1n) is 4.72. The quantitative estimate of drug-likeness (QED) is 0.585. The van der Waals surface area contributed by atoms with Crippen molar-refractivity contribution in [2.45, 2.75) is 38.3 Å². The van der Waals surface area contributed by atoms with Crippen molar-refractivity contribution < 1.29 is 14.7 Å². The summed E-state index contributed by atoms with van der Waals surface area (Å²) >= 11 is 0. The monoisotopic (exact) mass is 200 g/mol. The van der Waals surface area contributed by atoms with Gasteiger partial charge in [0.25, 0.3) is 0 Å². The number of hydrogen-bond donors (Lipinski definition) is 3. The molecule has 14 heavy (non-hydrogen) atoms. The second-order valence-electron chi connectivity index (χ2n) is 4.07. The van der Waals surface area contributed by atoms with Crippen molar-refractivity contribution in [3.8, 4) is 0 Å². The summed E-state index contributed by atoms with van der Waals surface area (Å²) in [5.41, 5.74) is -1.19. The summed E-state index contributed by atoms with van der Waals surface area (Å²) in [6.07, 6.45) is 1.74. The molecule has 1 aliphatic heterocycles. The molecule has 0 aromatic heterocycles. The Hall–Kier alpha value is -1.10. The van der Waals surface area contributed by atoms with Crippen LogP contribution in [0.15, 0.2) is 0 Å². The molecular weight excluding hydrogens is 184 g/mol. The summed E-state index contributed by atoms with van der Waals surface area (Å²) in [5.74, 6) is -1.25. The first-order chi connectivity index (χ1) is 6.43. The van der Waals surface area contributed by atoms with E-state index in [1.165, 1.54) is 13.8 Å². The fourth-order valence-corrected chi connectivity index (χ4v) is 1.36. The molecular formula is C9H16N2O3. The van der Waals surface area contributed by atoms with E-state index in [0.717, 1.165) is 19.4 Å². The number of carboxylic acid groups (broad SMARTS) is 1. The highest BCUT2D eigenvalue weighted by atomic mass is 16.4. The topological polar surface area (TPSA) is 78.4 Å². The minimum atomic E-state index is -1.19. The molecule has 1 aliphatic rings. The van der Waals surface area contributed by atoms with E-state index in [0.29, 0.717) is 0 Å². The minimum absolute atomic E-state index is 0.227. The fraction of sp³-hybridized carbons (Fsp3) is 0.778. The predicted molar refractivity (Wildman–Crippen MR) is 50.9 cm³/mol. The summed E-state index contributed by atoms with van der Waals surface area (Å²) < 4.78 is 0. The van der Waals surface area contributed by atoms with E-state index >= 15 is 0 Å². The zero-order valence-electron chi connectivity index (χ0n) is 8.46. The maximum Gasteiger partial charge on any atom is 0.328 e. The largest absolute Gasteiger partial charge is 0.480 e. The Morgan fingerprint density at radius 1 is 1.50 bits per heavy atom. The maximum atomic E-state index is 11.5. The molecule has 1 atom stereocenters. The van der Waals surface area contributed by atoms with Crippen LogP contribution in [0.5, 0.6) is 0 Å². The SMILES string of the molecule is CC(C)(NC(=O)[C@@H]1CCCN1)C(=O)O. The van der Waals surface area contributed by atoms with E-state index in [-0.39, 0.29) is 11.9 Å². The number of nitrogens with one attached hydrogen (secondary N) is 2. The molecule has 80 valence electrons. The molecule has 1 saturated heterocycles. The van der Waals surface area contributed by atoms with E-state index in [1.807, 2.05) is 0 Å². The van der Waals surface area contributed by atoms with Crippen molar-refractivity contribution in [3.05, 3.63) is 0 Å². The lowest BCUT2D eigenvalue weighted by Gasteiger charge is -2.23. The van der Waals surface area contributed by atoms with Crippen LogP contribution < -0.4 is 10.6 Å². The highest BCUT2D eigenvalue weighted by molar-refractivity contribution is 5.89. The molecule has 1 rings (SSSR count). The summed E-state index contributed by atoms with van der Waals surface area (Å²) in [6, 6.07) is -0.228. The number of aliphatic carboxylic acids is 1. The van der Waals surface area contributed by atoms with Gasteiger partial charge in [0.2, 0.25) is 5.91 Å². The van der Waals surface area contributed by atoms with Crippen LogP contribution >= 0.6 is 0 Å². The number of amides is 1. The fourth-order valence-electron chi connectivity index (χ4n) is 1.36. The second-order valence-corrected chi connectivity index (χ2v) is 4.07. The van der Waals surface area contributed by atoms with Crippen molar-refractivity contribution in [1.82, 2.24) is 10.6 Å². The molecule has 0 unspecified atom stereocenters. The van der Waals surface area contributed by atoms with Crippen molar-refractivity contribution in [2.24, 2.45) is 0 Å². The Kier molecular flexibility index (Phi) is 3.10. The lowest BCUT2D eigenvalue weighted by molar-refractivity contribution is -0.146. The van der Waals surface area contributed by atoms with Gasteiger partial charge in [0.05, 0.1) is 6.04 Å². The van der Waals surface area contributed by atoms with Crippen LogP contribution in [0.25, 0.3) is 0 Å². The predicted octanol–water partition coefficient (Wildman–Crippen LogP) is -0.282. The number of carbonyl (C=O) groups excluding carboxylic acids is 1. The Morgan fingerprint density at radius 3 is 2.57 bits per heavy atom. The van der Waals surface area contributed by atoms with E-state index < -0.39 is 11.5 Å². The van der Waals surface area contributed by atoms with Crippen LogP contribution in [-0.2, 0) is 9.59 Å². The molecule has 0 saturated carbocycles. The standard InChI is InChI=1S/C9H16N2O3/c1-9(2,8(13)14)11-7(12)6-4-3-5-10-6/h6,10H,3-5H2,1-2H3,(H,11,12)(H,13,14)/t6-/m0/s1. The smallest absolute Gasteiger partial charge is 0.328 e. The van der Waals surface area contributed by atoms with Crippen LogP contribution in [-0.4, -0.2) is 35.1 Å². The Labute approximate surface area is 82.9 Å². The van der Waals surface area contributed by atoms with Crippen LogP contribution in [0.4, 0.5) is 0 Å². The van der Waals surface area contributed by atoms with Gasteiger partial charge in [-0.3, -0.25) is 4.79 Å². The highest BCUT2D eigenvalue weighted by Crippen LogP contribution is 2.08. The van der Waals surface area contributed by atoms with Crippen molar-refractivity contribution in [2.75, 3.05) is 6.54 Å². The summed E-state index contributed by atoms with van der Waals surface area (Å²) in [5, 5.41) is 14.3. The Balaban J connectivity index is 2.51. The summed E-state index contributed by atoms with van der Waals surface area (Å²) in [4.78, 5) is 22.3. The van der Waals surface area contributed by atoms with E-state index in [1.54, 1.807) is 0 Å². The lowest BCUT2D eigenvalue weighted by atomic mass is 10.1. The third kappa shape index (κ3) is 2.45. The maximum absolute atomic E-state index is 11.5. The van der Waals surface area contributed by atoms with E-state index in [9.17, 15) is 9.59 Å². The number of rotatable bonds is 3. The number of hydrogen-bond acceptors (Lipinski definition) is 3. The molecule has 5 nitrogen and oxygen atoms in total. The van der Waals surface area contributed by atoms with E-state index in [4.69, 9.17) is 5.11 Å². The van der Waals surface area contributed by atoms with Crippen molar-refractivity contribution in [1.29, 1.82) is 0 Å². The van der Waals surface area contributed by atoms with Gasteiger partial charge in [0.1, 0.15) is 5.54 Å². The van der Waals surface area contributed by atoms with Crippen LogP contribution in [0.3, 0.4) is 0 Å². The van der Waals surface area contributed by atoms with Gasteiger partial charge in [-0.1, -0.05) is 0 Å². The average Bonchev–Trinajstić information content (AvgIpc) is 2.54. The zero-order chi connectivity index (χ0) is 10.8. The first-order valence-corrected chi connectivity index (χ1v) is 4.72. The molecule has 0 aromatic rings. The van der Waals surface area contributed by atoms with Crippen molar-refractivity contribution >= 4 is 11.9 Å². The molecule has 0 aromatic carbocycles.